The van der Waals surface area contributed by atoms with Gasteiger partial charge in [0, 0.05) is 29.2 Å². The van der Waals surface area contributed by atoms with Gasteiger partial charge in [0.1, 0.15) is 0 Å². The van der Waals surface area contributed by atoms with Crippen LogP contribution in [0.15, 0.2) is 53.7 Å². The lowest BCUT2D eigenvalue weighted by Crippen LogP contribution is -2.24. The summed E-state index contributed by atoms with van der Waals surface area (Å²) in [4.78, 5) is 21.9. The molecule has 4 rings (SSSR count). The van der Waals surface area contributed by atoms with Crippen molar-refractivity contribution in [3.05, 3.63) is 76.6 Å². The average molecular weight is 478 g/mol. The molecule has 176 valence electrons. The molecule has 1 N–H and O–H groups in total. The van der Waals surface area contributed by atoms with Gasteiger partial charge in [-0.05, 0) is 56.2 Å². The lowest BCUT2D eigenvalue weighted by molar-refractivity contribution is 0.0950. The number of methoxy groups -OCH3 is 1. The van der Waals surface area contributed by atoms with Crippen LogP contribution in [0, 0.1) is 13.8 Å². The van der Waals surface area contributed by atoms with Crippen molar-refractivity contribution in [3.8, 4) is 11.5 Å². The predicted molar refractivity (Wildman–Crippen MR) is 132 cm³/mol. The highest BCUT2D eigenvalue weighted by Crippen LogP contribution is 2.28. The van der Waals surface area contributed by atoms with Crippen LogP contribution >= 0.6 is 11.8 Å². The molecule has 0 atom stereocenters. The Kier molecular flexibility index (Phi) is 7.32. The van der Waals surface area contributed by atoms with Crippen LogP contribution in [0.3, 0.4) is 0 Å². The number of aromatic nitrogens is 4. The molecule has 9 heteroatoms. The van der Waals surface area contributed by atoms with E-state index in [-0.39, 0.29) is 5.91 Å². The summed E-state index contributed by atoms with van der Waals surface area (Å²) in [7, 11) is 1.60. The molecule has 34 heavy (non-hydrogen) atoms. The first-order valence-corrected chi connectivity index (χ1v) is 12.0. The number of nitrogens with zero attached hydrogens (tertiary/aromatic N) is 4. The minimum atomic E-state index is -0.139. The van der Waals surface area contributed by atoms with E-state index in [1.54, 1.807) is 11.6 Å². The van der Waals surface area contributed by atoms with Crippen molar-refractivity contribution >= 4 is 23.4 Å². The van der Waals surface area contributed by atoms with E-state index in [4.69, 9.17) is 9.47 Å². The van der Waals surface area contributed by atoms with Crippen LogP contribution in [0.2, 0.25) is 0 Å². The smallest absolute Gasteiger partial charge is 0.253 e. The lowest BCUT2D eigenvalue weighted by atomic mass is 10.1. The van der Waals surface area contributed by atoms with Crippen molar-refractivity contribution < 1.29 is 14.3 Å². The third-order valence-electron chi connectivity index (χ3n) is 5.20. The van der Waals surface area contributed by atoms with Gasteiger partial charge in [0.15, 0.2) is 11.5 Å². The number of thioether (sulfide) groups is 1. The Bertz CT molecular complexity index is 1320. The third kappa shape index (κ3) is 5.31. The SMILES string of the molecule is CCOc1ccc(CNC(=O)c2ccccc2CSc2nc3nc(C)cc(C)n3n2)cc1OC. The summed E-state index contributed by atoms with van der Waals surface area (Å²) in [5.41, 5.74) is 4.34. The predicted octanol–water partition coefficient (Wildman–Crippen LogP) is 4.37. The van der Waals surface area contributed by atoms with Crippen LogP contribution in [0.1, 0.15) is 39.8 Å². The molecule has 0 fully saturated rings. The van der Waals surface area contributed by atoms with Crippen LogP contribution < -0.4 is 14.8 Å². The van der Waals surface area contributed by atoms with Crippen molar-refractivity contribution in [2.24, 2.45) is 0 Å². The topological polar surface area (TPSA) is 90.6 Å². The molecular weight excluding hydrogens is 450 g/mol. The number of hydrogen-bond donors (Lipinski definition) is 1. The van der Waals surface area contributed by atoms with Crippen molar-refractivity contribution in [1.82, 2.24) is 24.9 Å². The van der Waals surface area contributed by atoms with Crippen molar-refractivity contribution in [3.63, 3.8) is 0 Å². The second kappa shape index (κ2) is 10.6. The number of carbonyl (C=O) groups is 1. The van der Waals surface area contributed by atoms with E-state index in [1.165, 1.54) is 11.8 Å². The zero-order valence-electron chi connectivity index (χ0n) is 19.7. The Labute approximate surface area is 202 Å². The number of carbonyl (C=O) groups excluding carboxylic acids is 1. The standard InChI is InChI=1S/C25H27N5O3S/c1-5-33-21-11-10-18(13-22(21)32-4)14-26-23(31)20-9-7-6-8-19(20)15-34-25-28-24-27-16(2)12-17(3)30(24)29-25/h6-13H,5,14-15H2,1-4H3,(H,26,31). The van der Waals surface area contributed by atoms with Crippen LogP contribution in [0.25, 0.3) is 5.78 Å². The van der Waals surface area contributed by atoms with Crippen LogP contribution in [-0.2, 0) is 12.3 Å². The number of rotatable bonds is 9. The molecule has 8 nitrogen and oxygen atoms in total. The summed E-state index contributed by atoms with van der Waals surface area (Å²) in [6, 6.07) is 15.2. The minimum absolute atomic E-state index is 0.139. The molecule has 0 bridgehead atoms. The number of ether oxygens (including phenoxy) is 2. The maximum Gasteiger partial charge on any atom is 0.253 e. The maximum atomic E-state index is 13.0. The molecule has 0 unspecified atom stereocenters. The molecule has 0 saturated heterocycles. The summed E-state index contributed by atoms with van der Waals surface area (Å²) < 4.78 is 12.7. The minimum Gasteiger partial charge on any atom is -0.493 e. The van der Waals surface area contributed by atoms with Gasteiger partial charge in [0.25, 0.3) is 11.7 Å². The molecule has 0 aliphatic rings. The molecule has 0 saturated carbocycles. The third-order valence-corrected chi connectivity index (χ3v) is 6.09. The van der Waals surface area contributed by atoms with Gasteiger partial charge < -0.3 is 14.8 Å². The lowest BCUT2D eigenvalue weighted by Gasteiger charge is -2.12. The normalized spacial score (nSPS) is 10.9. The zero-order valence-corrected chi connectivity index (χ0v) is 20.5. The number of hydrogen-bond acceptors (Lipinski definition) is 7. The average Bonchev–Trinajstić information content (AvgIpc) is 3.25. The van der Waals surface area contributed by atoms with E-state index < -0.39 is 0 Å². The largest absolute Gasteiger partial charge is 0.493 e. The number of nitrogens with one attached hydrogen (secondary N) is 1. The number of aryl methyl sites for hydroxylation is 2. The summed E-state index contributed by atoms with van der Waals surface area (Å²) in [6.07, 6.45) is 0. The van der Waals surface area contributed by atoms with Gasteiger partial charge in [0.05, 0.1) is 13.7 Å². The fourth-order valence-electron chi connectivity index (χ4n) is 3.59. The van der Waals surface area contributed by atoms with Gasteiger partial charge in [-0.3, -0.25) is 4.79 Å². The maximum absolute atomic E-state index is 13.0. The second-order valence-electron chi connectivity index (χ2n) is 7.69. The van der Waals surface area contributed by atoms with E-state index in [2.05, 4.69) is 20.4 Å². The molecule has 0 aliphatic carbocycles. The molecule has 2 aromatic carbocycles. The monoisotopic (exact) mass is 477 g/mol. The first-order valence-electron chi connectivity index (χ1n) is 11.0. The van der Waals surface area contributed by atoms with Crippen LogP contribution in [-0.4, -0.2) is 39.2 Å². The van der Waals surface area contributed by atoms with Gasteiger partial charge in [-0.15, -0.1) is 5.10 Å². The van der Waals surface area contributed by atoms with E-state index in [0.717, 1.165) is 22.5 Å². The number of fused-ring (bicyclic) bond motifs is 1. The zero-order chi connectivity index (χ0) is 24.1. The Balaban J connectivity index is 1.44. The fourth-order valence-corrected chi connectivity index (χ4v) is 4.42. The van der Waals surface area contributed by atoms with Gasteiger partial charge in [-0.2, -0.15) is 4.98 Å². The van der Waals surface area contributed by atoms with E-state index >= 15 is 0 Å². The first-order chi connectivity index (χ1) is 16.5. The highest BCUT2D eigenvalue weighted by Gasteiger charge is 2.14. The van der Waals surface area contributed by atoms with Crippen LogP contribution in [0.4, 0.5) is 0 Å². The Hall–Kier alpha value is -3.59. The number of amides is 1. The fraction of sp³-hybridized carbons (Fsp3) is 0.280. The molecule has 0 aliphatic heterocycles. The van der Waals surface area contributed by atoms with Gasteiger partial charge in [0.2, 0.25) is 5.16 Å². The Morgan fingerprint density at radius 1 is 1.09 bits per heavy atom. The van der Waals surface area contributed by atoms with Crippen molar-refractivity contribution in [2.45, 2.75) is 38.2 Å². The molecule has 0 radical (unpaired) electrons. The Morgan fingerprint density at radius 2 is 1.91 bits per heavy atom. The van der Waals surface area contributed by atoms with Crippen molar-refractivity contribution in [1.29, 1.82) is 0 Å². The second-order valence-corrected chi connectivity index (χ2v) is 8.63. The molecular formula is C25H27N5O3S. The molecule has 0 spiro atoms. The molecule has 1 amide bonds. The quantitative estimate of drug-likeness (QED) is 0.358. The summed E-state index contributed by atoms with van der Waals surface area (Å²) in [5.74, 6) is 2.33. The Morgan fingerprint density at radius 3 is 2.71 bits per heavy atom. The van der Waals surface area contributed by atoms with Gasteiger partial charge in [-0.25, -0.2) is 9.50 Å². The van der Waals surface area contributed by atoms with Crippen molar-refractivity contribution in [2.75, 3.05) is 13.7 Å². The van der Waals surface area contributed by atoms with E-state index in [0.29, 0.717) is 46.9 Å². The van der Waals surface area contributed by atoms with Gasteiger partial charge >= 0.3 is 0 Å². The highest BCUT2D eigenvalue weighted by atomic mass is 32.2. The molecule has 4 aromatic rings. The first kappa shape index (κ1) is 23.6. The summed E-state index contributed by atoms with van der Waals surface area (Å²) in [5, 5.41) is 8.16. The summed E-state index contributed by atoms with van der Waals surface area (Å²) >= 11 is 1.48. The van der Waals surface area contributed by atoms with E-state index in [1.807, 2.05) is 69.3 Å². The van der Waals surface area contributed by atoms with Gasteiger partial charge in [-0.1, -0.05) is 36.0 Å². The van der Waals surface area contributed by atoms with Crippen LogP contribution in [0.5, 0.6) is 11.5 Å². The number of benzene rings is 2. The molecule has 2 heterocycles. The summed E-state index contributed by atoms with van der Waals surface area (Å²) in [6.45, 7) is 6.77. The van der Waals surface area contributed by atoms with E-state index in [9.17, 15) is 4.79 Å². The highest BCUT2D eigenvalue weighted by molar-refractivity contribution is 7.98. The molecule has 2 aromatic heterocycles.